The van der Waals surface area contributed by atoms with Crippen LogP contribution in [0.1, 0.15) is 29.3 Å². The van der Waals surface area contributed by atoms with Crippen molar-refractivity contribution in [3.63, 3.8) is 0 Å². The second kappa shape index (κ2) is 7.41. The second-order valence-corrected chi connectivity index (χ2v) is 9.00. The number of rotatable bonds is 4. The first-order valence-electron chi connectivity index (χ1n) is 8.99. The zero-order valence-corrected chi connectivity index (χ0v) is 17.5. The minimum absolute atomic E-state index is 0.0194. The number of anilines is 1. The third-order valence-electron chi connectivity index (χ3n) is 5.19. The SMILES string of the molecule is COc1cc2c(cc1OC)N(S(=O)(=O)c1ccc(C)cc1)CCC(C)(C#N)C2=O. The Bertz CT molecular complexity index is 1100. The van der Waals surface area contributed by atoms with E-state index in [0.717, 1.165) is 5.56 Å². The molecule has 0 aromatic heterocycles. The Morgan fingerprint density at radius 2 is 1.69 bits per heavy atom. The molecule has 0 N–H and O–H groups in total. The summed E-state index contributed by atoms with van der Waals surface area (Å²) in [7, 11) is -1.11. The summed E-state index contributed by atoms with van der Waals surface area (Å²) >= 11 is 0. The van der Waals surface area contributed by atoms with Crippen LogP contribution < -0.4 is 13.8 Å². The Morgan fingerprint density at radius 3 is 2.24 bits per heavy atom. The smallest absolute Gasteiger partial charge is 0.264 e. The van der Waals surface area contributed by atoms with Crippen LogP contribution in [0.3, 0.4) is 0 Å². The van der Waals surface area contributed by atoms with E-state index in [-0.39, 0.29) is 34.9 Å². The van der Waals surface area contributed by atoms with E-state index >= 15 is 0 Å². The molecule has 0 bridgehead atoms. The van der Waals surface area contributed by atoms with Gasteiger partial charge in [-0.05, 0) is 38.5 Å². The summed E-state index contributed by atoms with van der Waals surface area (Å²) in [6.07, 6.45) is 0.0622. The van der Waals surface area contributed by atoms with Crippen LogP contribution in [0.4, 0.5) is 5.69 Å². The molecule has 0 spiro atoms. The summed E-state index contributed by atoms with van der Waals surface area (Å²) in [6.45, 7) is 3.37. The number of carbonyl (C=O) groups is 1. The zero-order chi connectivity index (χ0) is 21.4. The Morgan fingerprint density at radius 1 is 1.10 bits per heavy atom. The van der Waals surface area contributed by atoms with Gasteiger partial charge in [-0.1, -0.05) is 17.7 Å². The van der Waals surface area contributed by atoms with E-state index in [1.807, 2.05) is 6.92 Å². The van der Waals surface area contributed by atoms with Gasteiger partial charge in [0.1, 0.15) is 5.41 Å². The highest BCUT2D eigenvalue weighted by Crippen LogP contribution is 2.43. The molecule has 1 aliphatic rings. The van der Waals surface area contributed by atoms with E-state index in [4.69, 9.17) is 9.47 Å². The van der Waals surface area contributed by atoms with E-state index in [2.05, 4.69) is 6.07 Å². The van der Waals surface area contributed by atoms with Gasteiger partial charge in [0.15, 0.2) is 17.3 Å². The fourth-order valence-electron chi connectivity index (χ4n) is 3.31. The predicted molar refractivity (Wildman–Crippen MR) is 108 cm³/mol. The average molecular weight is 414 g/mol. The molecule has 1 heterocycles. The minimum Gasteiger partial charge on any atom is -0.493 e. The van der Waals surface area contributed by atoms with Gasteiger partial charge < -0.3 is 9.47 Å². The van der Waals surface area contributed by atoms with Crippen molar-refractivity contribution in [2.24, 2.45) is 5.41 Å². The lowest BCUT2D eigenvalue weighted by molar-refractivity contribution is 0.0874. The van der Waals surface area contributed by atoms with Gasteiger partial charge in [0.2, 0.25) is 0 Å². The molecule has 8 heteroatoms. The molecule has 1 unspecified atom stereocenters. The largest absolute Gasteiger partial charge is 0.493 e. The van der Waals surface area contributed by atoms with Gasteiger partial charge in [-0.2, -0.15) is 5.26 Å². The molecule has 3 rings (SSSR count). The molecular formula is C21H22N2O5S. The highest BCUT2D eigenvalue weighted by Gasteiger charge is 2.42. The Labute approximate surface area is 170 Å². The van der Waals surface area contributed by atoms with Gasteiger partial charge in [-0.15, -0.1) is 0 Å². The van der Waals surface area contributed by atoms with Crippen LogP contribution in [0.2, 0.25) is 0 Å². The summed E-state index contributed by atoms with van der Waals surface area (Å²) in [5.74, 6) is 0.135. The highest BCUT2D eigenvalue weighted by molar-refractivity contribution is 7.92. The summed E-state index contributed by atoms with van der Waals surface area (Å²) in [5.41, 5.74) is -0.141. The number of hydrogen-bond acceptors (Lipinski definition) is 6. The summed E-state index contributed by atoms with van der Waals surface area (Å²) in [5, 5.41) is 9.64. The molecule has 0 fully saturated rings. The zero-order valence-electron chi connectivity index (χ0n) is 16.7. The minimum atomic E-state index is -3.97. The Kier molecular flexibility index (Phi) is 5.28. The van der Waals surface area contributed by atoms with Crippen LogP contribution in [0.5, 0.6) is 11.5 Å². The van der Waals surface area contributed by atoms with Gasteiger partial charge in [-0.25, -0.2) is 8.42 Å². The van der Waals surface area contributed by atoms with Gasteiger partial charge in [0, 0.05) is 18.2 Å². The average Bonchev–Trinajstić information content (AvgIpc) is 2.82. The fourth-order valence-corrected chi connectivity index (χ4v) is 4.78. The summed E-state index contributed by atoms with van der Waals surface area (Å²) in [6, 6.07) is 11.5. The van der Waals surface area contributed by atoms with Gasteiger partial charge in [-0.3, -0.25) is 9.10 Å². The number of benzene rings is 2. The number of fused-ring (bicyclic) bond motifs is 1. The van der Waals surface area contributed by atoms with Crippen molar-refractivity contribution in [2.45, 2.75) is 25.2 Å². The van der Waals surface area contributed by atoms with Gasteiger partial charge in [0.25, 0.3) is 10.0 Å². The first kappa shape index (κ1) is 20.7. The third kappa shape index (κ3) is 3.42. The molecule has 0 radical (unpaired) electrons. The molecule has 1 aliphatic heterocycles. The van der Waals surface area contributed by atoms with E-state index in [1.54, 1.807) is 12.1 Å². The fraction of sp³-hybridized carbons (Fsp3) is 0.333. The van der Waals surface area contributed by atoms with Gasteiger partial charge in [0.05, 0.1) is 30.9 Å². The molecule has 152 valence electrons. The molecule has 0 saturated carbocycles. The molecule has 7 nitrogen and oxygen atoms in total. The molecule has 0 saturated heterocycles. The molecule has 0 aliphatic carbocycles. The lowest BCUT2D eigenvalue weighted by atomic mass is 9.81. The van der Waals surface area contributed by atoms with Crippen molar-refractivity contribution in [3.8, 4) is 17.6 Å². The van der Waals surface area contributed by atoms with Crippen molar-refractivity contribution in [1.29, 1.82) is 5.26 Å². The van der Waals surface area contributed by atoms with Crippen molar-refractivity contribution in [2.75, 3.05) is 25.1 Å². The maximum Gasteiger partial charge on any atom is 0.264 e. The molecule has 2 aromatic rings. The highest BCUT2D eigenvalue weighted by atomic mass is 32.2. The van der Waals surface area contributed by atoms with Crippen LogP contribution in [0.15, 0.2) is 41.3 Å². The maximum atomic E-state index is 13.4. The number of hydrogen-bond donors (Lipinski definition) is 0. The number of ether oxygens (including phenoxy) is 2. The first-order chi connectivity index (χ1) is 13.7. The van der Waals surface area contributed by atoms with Crippen LogP contribution in [-0.4, -0.2) is 35.0 Å². The van der Waals surface area contributed by atoms with Crippen molar-refractivity contribution < 1.29 is 22.7 Å². The number of nitriles is 1. The van der Waals surface area contributed by atoms with Crippen LogP contribution in [0.25, 0.3) is 0 Å². The lowest BCUT2D eigenvalue weighted by Gasteiger charge is -2.25. The number of ketones is 1. The monoisotopic (exact) mass is 414 g/mol. The summed E-state index contributed by atoms with van der Waals surface area (Å²) in [4.78, 5) is 13.3. The van der Waals surface area contributed by atoms with E-state index in [0.29, 0.717) is 5.75 Å². The predicted octanol–water partition coefficient (Wildman–Crippen LogP) is 3.32. The van der Waals surface area contributed by atoms with Crippen molar-refractivity contribution in [3.05, 3.63) is 47.5 Å². The number of carbonyl (C=O) groups excluding carboxylic acids is 1. The quantitative estimate of drug-likeness (QED) is 0.761. The molecule has 29 heavy (non-hydrogen) atoms. The third-order valence-corrected chi connectivity index (χ3v) is 7.01. The molecule has 2 aromatic carbocycles. The lowest BCUT2D eigenvalue weighted by Crippen LogP contribution is -2.33. The van der Waals surface area contributed by atoms with E-state index in [9.17, 15) is 18.5 Å². The molecule has 0 amide bonds. The standard InChI is InChI=1S/C21H22N2O5S/c1-14-5-7-15(8-6-14)29(25,26)23-10-9-21(2,13-22)20(24)16-11-18(27-3)19(28-4)12-17(16)23/h5-8,11-12H,9-10H2,1-4H3. The summed E-state index contributed by atoms with van der Waals surface area (Å²) < 4.78 is 38.6. The number of methoxy groups -OCH3 is 2. The van der Waals surface area contributed by atoms with Crippen LogP contribution >= 0.6 is 0 Å². The van der Waals surface area contributed by atoms with Gasteiger partial charge >= 0.3 is 0 Å². The molecule has 1 atom stereocenters. The Balaban J connectivity index is 2.28. The first-order valence-corrected chi connectivity index (χ1v) is 10.4. The second-order valence-electron chi connectivity index (χ2n) is 7.14. The number of sulfonamides is 1. The number of Topliss-reactive ketones (excluding diaryl/α,β-unsaturated/α-hetero) is 1. The van der Waals surface area contributed by atoms with Crippen LogP contribution in [-0.2, 0) is 10.0 Å². The topological polar surface area (TPSA) is 96.7 Å². The van der Waals surface area contributed by atoms with E-state index < -0.39 is 21.2 Å². The van der Waals surface area contributed by atoms with E-state index in [1.165, 1.54) is 49.7 Å². The maximum absolute atomic E-state index is 13.4. The van der Waals surface area contributed by atoms with Crippen LogP contribution in [0, 0.1) is 23.7 Å². The number of aryl methyl sites for hydroxylation is 1. The Hall–Kier alpha value is -3.05. The van der Waals surface area contributed by atoms with Crippen molar-refractivity contribution >= 4 is 21.5 Å². The van der Waals surface area contributed by atoms with Crippen molar-refractivity contribution in [1.82, 2.24) is 0 Å². The molecular weight excluding hydrogens is 392 g/mol. The normalized spacial score (nSPS) is 19.1. The number of nitrogens with zero attached hydrogens (tertiary/aromatic N) is 2.